The molecule has 0 bridgehead atoms. The third-order valence-electron chi connectivity index (χ3n) is 0. The average Bonchev–Trinajstić information content (AvgIpc) is 0. The third-order valence-corrected chi connectivity index (χ3v) is 0. The van der Waals surface area contributed by atoms with Crippen LogP contribution in [0.5, 0.6) is 0 Å². The van der Waals surface area contributed by atoms with Gasteiger partial charge in [0, 0.05) is 81.9 Å². The van der Waals surface area contributed by atoms with Gasteiger partial charge in [-0.2, -0.15) is 0 Å². The summed E-state index contributed by atoms with van der Waals surface area (Å²) in [6, 6.07) is 0. The predicted octanol–water partition coefficient (Wildman–Crippen LogP) is -0.0100. The molecule has 0 saturated heterocycles. The van der Waals surface area contributed by atoms with Crippen LogP contribution in [0.25, 0.3) is 0 Å². The zero-order valence-corrected chi connectivity index (χ0v) is 9.25. The number of hydrogen-bond acceptors (Lipinski definition) is 0. The van der Waals surface area contributed by atoms with Crippen molar-refractivity contribution in [3.8, 4) is 0 Å². The molecule has 0 aliphatic heterocycles. The molecule has 0 aromatic carbocycles. The summed E-state index contributed by atoms with van der Waals surface area (Å²) in [5, 5.41) is 0. The van der Waals surface area contributed by atoms with Crippen molar-refractivity contribution in [3.05, 3.63) is 0 Å². The van der Waals surface area contributed by atoms with Crippen LogP contribution in [-0.4, -0.2) is 0 Å². The van der Waals surface area contributed by atoms with Crippen molar-refractivity contribution in [1.82, 2.24) is 0 Å². The quantitative estimate of drug-likeness (QED) is 0.422. The molecule has 4 heavy (non-hydrogen) atoms. The van der Waals surface area contributed by atoms with E-state index in [2.05, 4.69) is 0 Å². The Labute approximate surface area is 80.7 Å². The second kappa shape index (κ2) is 17.4. The Hall–Kier alpha value is 2.65. The summed E-state index contributed by atoms with van der Waals surface area (Å²) in [4.78, 5) is 0. The van der Waals surface area contributed by atoms with Gasteiger partial charge in [-0.15, -0.1) is 0 Å². The van der Waals surface area contributed by atoms with Crippen molar-refractivity contribution >= 4 is 0 Å². The Morgan fingerprint density at radius 1 is 1.00 bits per heavy atom. The predicted molar refractivity (Wildman–Crippen MR) is 0 cm³/mol. The molecule has 0 atom stereocenters. The van der Waals surface area contributed by atoms with Gasteiger partial charge in [-0.25, -0.2) is 0 Å². The third kappa shape index (κ3) is 8.82. The fourth-order valence-corrected chi connectivity index (χ4v) is 0. The minimum absolute atomic E-state index is 0. The van der Waals surface area contributed by atoms with E-state index < -0.39 is 0 Å². The Morgan fingerprint density at radius 2 is 1.00 bits per heavy atom. The SMILES string of the molecule is [Au].[Co].[Ti].[W]. The molecule has 0 aromatic rings. The Bertz CT molecular complexity index is 8.00. The van der Waals surface area contributed by atoms with Crippen LogP contribution in [0, 0.1) is 0 Å². The van der Waals surface area contributed by atoms with E-state index in [0.717, 1.165) is 0 Å². The van der Waals surface area contributed by atoms with Crippen LogP contribution < -0.4 is 0 Å². The average molecular weight is 488 g/mol. The van der Waals surface area contributed by atoms with E-state index in [-0.39, 0.29) is 81.9 Å². The minimum atomic E-state index is 0. The van der Waals surface area contributed by atoms with Gasteiger partial charge in [0.25, 0.3) is 0 Å². The van der Waals surface area contributed by atoms with E-state index in [1.165, 1.54) is 0 Å². The number of rotatable bonds is 0. The molecule has 0 rings (SSSR count). The monoisotopic (exact) mass is 488 g/mol. The molecule has 4 heteroatoms. The van der Waals surface area contributed by atoms with Gasteiger partial charge in [0.1, 0.15) is 0 Å². The van der Waals surface area contributed by atoms with Gasteiger partial charge in [-0.1, -0.05) is 0 Å². The summed E-state index contributed by atoms with van der Waals surface area (Å²) >= 11 is 0. The Kier molecular flexibility index (Phi) is 132. The molecule has 30 valence electrons. The maximum atomic E-state index is 0. The molecule has 0 saturated carbocycles. The van der Waals surface area contributed by atoms with Crippen LogP contribution >= 0.6 is 0 Å². The van der Waals surface area contributed by atoms with Crippen molar-refractivity contribution in [2.45, 2.75) is 0 Å². The molecule has 0 N–H and O–H groups in total. The second-order valence-corrected chi connectivity index (χ2v) is 0. The molecule has 0 heterocycles. The fraction of sp³-hybridized carbons (Fsp3) is 0. The first kappa shape index (κ1) is 30.2. The topological polar surface area (TPSA) is 0 Å². The first-order valence-corrected chi connectivity index (χ1v) is 0. The molecule has 0 aliphatic rings. The van der Waals surface area contributed by atoms with Crippen molar-refractivity contribution in [3.63, 3.8) is 0 Å². The van der Waals surface area contributed by atoms with E-state index >= 15 is 0 Å². The van der Waals surface area contributed by atoms with Crippen LogP contribution in [0.4, 0.5) is 0 Å². The Balaban J connectivity index is 0. The minimum Gasteiger partial charge on any atom is 0 e. The molecular weight excluding hydrogens is 488 g/mol. The van der Waals surface area contributed by atoms with Crippen LogP contribution in [0.3, 0.4) is 0 Å². The summed E-state index contributed by atoms with van der Waals surface area (Å²) in [5.74, 6) is 0. The molecule has 0 aromatic heterocycles. The van der Waals surface area contributed by atoms with Crippen molar-refractivity contribution in [1.29, 1.82) is 0 Å². The van der Waals surface area contributed by atoms with E-state index in [1.54, 1.807) is 0 Å². The summed E-state index contributed by atoms with van der Waals surface area (Å²) in [5.41, 5.74) is 0. The number of hydrogen-bond donors (Lipinski definition) is 0. The summed E-state index contributed by atoms with van der Waals surface area (Å²) < 4.78 is 0. The molecule has 0 amide bonds. The van der Waals surface area contributed by atoms with E-state index in [1.807, 2.05) is 0 Å². The normalized spacial score (nSPS) is 0. The molecule has 0 fully saturated rings. The van der Waals surface area contributed by atoms with Gasteiger partial charge in [0.05, 0.1) is 0 Å². The van der Waals surface area contributed by atoms with E-state index in [9.17, 15) is 0 Å². The van der Waals surface area contributed by atoms with Crippen molar-refractivity contribution < 1.29 is 81.9 Å². The first-order chi connectivity index (χ1) is 0. The zero-order valence-electron chi connectivity index (χ0n) is 1.54. The maximum absolute atomic E-state index is 0. The van der Waals surface area contributed by atoms with Gasteiger partial charge in [-0.3, -0.25) is 0 Å². The van der Waals surface area contributed by atoms with Gasteiger partial charge in [0.2, 0.25) is 0 Å². The van der Waals surface area contributed by atoms with Gasteiger partial charge >= 0.3 is 0 Å². The second-order valence-electron chi connectivity index (χ2n) is 0. The van der Waals surface area contributed by atoms with Gasteiger partial charge in [-0.05, 0) is 0 Å². The van der Waals surface area contributed by atoms with Crippen LogP contribution in [0.2, 0.25) is 0 Å². The van der Waals surface area contributed by atoms with Crippen LogP contribution in [0.1, 0.15) is 0 Å². The largest absolute Gasteiger partial charge is 0 e. The Morgan fingerprint density at radius 3 is 1.00 bits per heavy atom. The van der Waals surface area contributed by atoms with E-state index in [0.29, 0.717) is 0 Å². The summed E-state index contributed by atoms with van der Waals surface area (Å²) in [6.45, 7) is 0. The summed E-state index contributed by atoms with van der Waals surface area (Å²) in [7, 11) is 0. The fourth-order valence-electron chi connectivity index (χ4n) is 0. The van der Waals surface area contributed by atoms with E-state index in [4.69, 9.17) is 0 Å². The first-order valence-electron chi connectivity index (χ1n) is 0. The molecule has 0 spiro atoms. The molecular formula is AuCoTiW. The molecule has 0 unspecified atom stereocenters. The van der Waals surface area contributed by atoms with Crippen LogP contribution in [0.15, 0.2) is 0 Å². The zero-order chi connectivity index (χ0) is 0. The van der Waals surface area contributed by atoms with Crippen molar-refractivity contribution in [2.24, 2.45) is 0 Å². The van der Waals surface area contributed by atoms with Crippen LogP contribution in [-0.2, 0) is 81.9 Å². The maximum Gasteiger partial charge on any atom is 0 e. The molecule has 0 aliphatic carbocycles. The molecule has 2 radical (unpaired) electrons. The van der Waals surface area contributed by atoms with Gasteiger partial charge in [0.15, 0.2) is 0 Å². The standard InChI is InChI=1S/Au.Co.Ti.W. The molecule has 0 nitrogen and oxygen atoms in total. The van der Waals surface area contributed by atoms with Crippen molar-refractivity contribution in [2.75, 3.05) is 0 Å². The smallest absolute Gasteiger partial charge is 0 e. The summed E-state index contributed by atoms with van der Waals surface area (Å²) in [6.07, 6.45) is 0. The van der Waals surface area contributed by atoms with Gasteiger partial charge < -0.3 is 0 Å².